The summed E-state index contributed by atoms with van der Waals surface area (Å²) in [6.45, 7) is -3.18. The first-order chi connectivity index (χ1) is 17.7. The second-order valence-corrected chi connectivity index (χ2v) is 9.57. The number of halogens is 8. The van der Waals surface area contributed by atoms with E-state index in [4.69, 9.17) is 4.74 Å². The number of hydrogen-bond acceptors (Lipinski definition) is 6. The lowest BCUT2D eigenvalue weighted by atomic mass is 10.0. The highest BCUT2D eigenvalue weighted by atomic mass is 32.1. The summed E-state index contributed by atoms with van der Waals surface area (Å²) >= 11 is -0.0112. The van der Waals surface area contributed by atoms with Crippen LogP contribution < -0.4 is 14.2 Å². The van der Waals surface area contributed by atoms with Crippen LogP contribution in [0.1, 0.15) is 39.8 Å². The van der Waals surface area contributed by atoms with Gasteiger partial charge < -0.3 is 19.8 Å². The molecule has 0 amide bonds. The zero-order chi connectivity index (χ0) is 27.9. The zero-order valence-corrected chi connectivity index (χ0v) is 19.8. The Bertz CT molecular complexity index is 1260. The van der Waals surface area contributed by atoms with E-state index < -0.39 is 35.5 Å². The molecule has 1 fully saturated rings. The smallest absolute Gasteiger partial charge is 0.433 e. The number of hydrogen-bond donors (Lipinski definition) is 1. The highest BCUT2D eigenvalue weighted by Gasteiger charge is 2.73. The highest BCUT2D eigenvalue weighted by Crippen LogP contribution is 2.52. The van der Waals surface area contributed by atoms with Crippen molar-refractivity contribution in [2.45, 2.75) is 55.8 Å². The number of alkyl halides is 8. The first kappa shape index (κ1) is 27.8. The van der Waals surface area contributed by atoms with Crippen molar-refractivity contribution in [2.75, 3.05) is 0 Å². The summed E-state index contributed by atoms with van der Waals surface area (Å²) in [5.41, 5.74) is -4.60. The Morgan fingerprint density at radius 2 is 1.79 bits per heavy atom. The molecule has 1 atom stereocenters. The molecule has 1 saturated carbocycles. The molecule has 0 aliphatic heterocycles. The summed E-state index contributed by atoms with van der Waals surface area (Å²) in [7, 11) is 0. The van der Waals surface area contributed by atoms with Gasteiger partial charge in [0.1, 0.15) is 5.01 Å². The van der Waals surface area contributed by atoms with Gasteiger partial charge in [-0.15, -0.1) is 11.3 Å². The molecular weight excluding hydrogens is 554 g/mol. The normalized spacial score (nSPS) is 15.5. The van der Waals surface area contributed by atoms with E-state index in [0.717, 1.165) is 18.5 Å². The molecule has 0 unspecified atom stereocenters. The standard InChI is InChI=1S/C23H18F8N2O4S/c24-20(25)37-16-6-3-13(9-17(16)36-14-4-5-14)15(8-12-2-1-7-33(35)11-12)18-10-32-19(38-18)21(34,22(26,27)28)23(29,30)31/h1-3,6-7,9-11,14-15,20,34H,4-5,8H2/t15-/m1/s1/i15+2. The van der Waals surface area contributed by atoms with Crippen LogP contribution >= 0.6 is 11.3 Å². The molecule has 3 aromatic rings. The van der Waals surface area contributed by atoms with Crippen molar-refractivity contribution in [1.29, 1.82) is 0 Å². The van der Waals surface area contributed by atoms with Crippen LogP contribution in [-0.4, -0.2) is 35.2 Å². The van der Waals surface area contributed by atoms with E-state index in [9.17, 15) is 45.4 Å². The lowest BCUT2D eigenvalue weighted by Crippen LogP contribution is -2.53. The maximum absolute atomic E-state index is 13.4. The van der Waals surface area contributed by atoms with Gasteiger partial charge in [0.15, 0.2) is 23.9 Å². The molecule has 2 aromatic heterocycles. The summed E-state index contributed by atoms with van der Waals surface area (Å²) in [5.74, 6) is -1.40. The first-order valence-electron chi connectivity index (χ1n) is 10.9. The van der Waals surface area contributed by atoms with Gasteiger partial charge in [0.25, 0.3) is 0 Å². The molecule has 2 heterocycles. The molecule has 1 aliphatic carbocycles. The van der Waals surface area contributed by atoms with E-state index >= 15 is 0 Å². The van der Waals surface area contributed by atoms with Crippen LogP contribution in [0.4, 0.5) is 35.1 Å². The Kier molecular flexibility index (Phi) is 7.45. The lowest BCUT2D eigenvalue weighted by Gasteiger charge is -2.30. The minimum absolute atomic E-state index is 0.0112. The van der Waals surface area contributed by atoms with Crippen molar-refractivity contribution in [3.05, 3.63) is 75.1 Å². The quantitative estimate of drug-likeness (QED) is 0.205. The topological polar surface area (TPSA) is 78.5 Å². The average Bonchev–Trinajstić information content (AvgIpc) is 3.48. The SMILES string of the molecule is [O-][n+]1cccc(C[14C@H](c2ccc(OC(F)F)c(OC3CC3)c2)c2cnc(C(O)(C(F)(F)F)C(F)(F)F)s2)c1. The minimum Gasteiger partial charge on any atom is -0.619 e. The van der Waals surface area contributed by atoms with Crippen molar-refractivity contribution in [3.8, 4) is 11.5 Å². The summed E-state index contributed by atoms with van der Waals surface area (Å²) < 4.78 is 117. The lowest BCUT2D eigenvalue weighted by molar-refractivity contribution is -0.605. The second-order valence-electron chi connectivity index (χ2n) is 8.50. The van der Waals surface area contributed by atoms with Crippen LogP contribution in [0.5, 0.6) is 11.5 Å². The summed E-state index contributed by atoms with van der Waals surface area (Å²) in [4.78, 5) is 3.15. The van der Waals surface area contributed by atoms with E-state index in [1.54, 1.807) is 0 Å². The molecule has 4 rings (SSSR count). The van der Waals surface area contributed by atoms with Crippen molar-refractivity contribution >= 4 is 11.3 Å². The molecule has 6 nitrogen and oxygen atoms in total. The van der Waals surface area contributed by atoms with Gasteiger partial charge in [-0.25, -0.2) is 4.98 Å². The summed E-state index contributed by atoms with van der Waals surface area (Å²) in [6, 6.07) is 6.66. The van der Waals surface area contributed by atoms with Gasteiger partial charge in [0.2, 0.25) is 0 Å². The molecule has 38 heavy (non-hydrogen) atoms. The predicted octanol–water partition coefficient (Wildman–Crippen LogP) is 5.61. The Morgan fingerprint density at radius 3 is 2.37 bits per heavy atom. The van der Waals surface area contributed by atoms with E-state index in [1.165, 1.54) is 30.5 Å². The fourth-order valence-electron chi connectivity index (χ4n) is 3.65. The third-order valence-corrected chi connectivity index (χ3v) is 6.90. The molecule has 1 aromatic carbocycles. The van der Waals surface area contributed by atoms with Crippen LogP contribution in [-0.2, 0) is 12.0 Å². The third kappa shape index (κ3) is 5.77. The number of nitrogens with zero attached hydrogens (tertiary/aromatic N) is 2. The van der Waals surface area contributed by atoms with Crippen molar-refractivity contribution in [2.24, 2.45) is 0 Å². The molecule has 0 spiro atoms. The molecule has 1 N–H and O–H groups in total. The molecule has 1 aliphatic rings. The molecule has 0 saturated heterocycles. The molecule has 15 heteroatoms. The Balaban J connectivity index is 1.80. The number of rotatable bonds is 9. The van der Waals surface area contributed by atoms with E-state index in [-0.39, 0.29) is 45.8 Å². The predicted molar refractivity (Wildman–Crippen MR) is 116 cm³/mol. The fraction of sp³-hybridized carbons (Fsp3) is 0.391. The van der Waals surface area contributed by atoms with Gasteiger partial charge >= 0.3 is 24.6 Å². The first-order valence-corrected chi connectivity index (χ1v) is 11.8. The van der Waals surface area contributed by atoms with E-state index in [1.807, 2.05) is 0 Å². The maximum atomic E-state index is 13.4. The largest absolute Gasteiger partial charge is 0.619 e. The molecular formula is C23H18F8N2O4S. The van der Waals surface area contributed by atoms with Gasteiger partial charge in [-0.1, -0.05) is 6.07 Å². The number of thiazole rings is 1. The van der Waals surface area contributed by atoms with E-state index in [0.29, 0.717) is 23.1 Å². The third-order valence-electron chi connectivity index (χ3n) is 5.68. The monoisotopic (exact) mass is 572 g/mol. The Morgan fingerprint density at radius 1 is 1.11 bits per heavy atom. The number of aliphatic hydroxyl groups is 1. The zero-order valence-electron chi connectivity index (χ0n) is 19.0. The molecule has 0 radical (unpaired) electrons. The van der Waals surface area contributed by atoms with E-state index in [2.05, 4.69) is 9.72 Å². The number of aromatic nitrogens is 2. The van der Waals surface area contributed by atoms with Gasteiger partial charge in [0, 0.05) is 28.6 Å². The number of ether oxygens (including phenoxy) is 2. The fourth-order valence-corrected chi connectivity index (χ4v) is 4.83. The van der Waals surface area contributed by atoms with Gasteiger partial charge in [-0.05, 0) is 43.0 Å². The summed E-state index contributed by atoms with van der Waals surface area (Å²) in [6.07, 6.45) is -8.19. The minimum atomic E-state index is -6.12. The number of pyridine rings is 1. The Labute approximate surface area is 213 Å². The van der Waals surface area contributed by atoms with Crippen LogP contribution in [0.25, 0.3) is 0 Å². The summed E-state index contributed by atoms with van der Waals surface area (Å²) in [5, 5.41) is 19.9. The van der Waals surface area contributed by atoms with Gasteiger partial charge in [0.05, 0.1) is 6.10 Å². The molecule has 206 valence electrons. The number of benzene rings is 1. The maximum Gasteiger partial charge on any atom is 0.433 e. The van der Waals surface area contributed by atoms with Crippen molar-refractivity contribution in [1.82, 2.24) is 4.98 Å². The Hall–Kier alpha value is -3.20. The van der Waals surface area contributed by atoms with Crippen LogP contribution in [0.15, 0.2) is 48.9 Å². The van der Waals surface area contributed by atoms with Crippen molar-refractivity contribution in [3.63, 3.8) is 0 Å². The second kappa shape index (κ2) is 10.2. The van der Waals surface area contributed by atoms with Crippen molar-refractivity contribution < 1.29 is 54.4 Å². The van der Waals surface area contributed by atoms with Crippen LogP contribution in [0, 0.1) is 5.21 Å². The van der Waals surface area contributed by atoms with Gasteiger partial charge in [-0.2, -0.15) is 39.9 Å². The highest BCUT2D eigenvalue weighted by molar-refractivity contribution is 7.11. The van der Waals surface area contributed by atoms with Crippen LogP contribution in [0.2, 0.25) is 0 Å². The van der Waals surface area contributed by atoms with Gasteiger partial charge in [-0.3, -0.25) is 0 Å². The molecule has 0 bridgehead atoms. The van der Waals surface area contributed by atoms with Crippen LogP contribution in [0.3, 0.4) is 0 Å². The average molecular weight is 572 g/mol.